The van der Waals surface area contributed by atoms with Crippen LogP contribution in [0.4, 0.5) is 11.4 Å². The molecule has 1 aromatic heterocycles. The maximum atomic E-state index is 13.5. The minimum atomic E-state index is -0.777. The second kappa shape index (κ2) is 9.10. The summed E-state index contributed by atoms with van der Waals surface area (Å²) >= 11 is 8.10. The Hall–Kier alpha value is -3.08. The molecule has 0 saturated carbocycles. The molecule has 186 valence electrons. The van der Waals surface area contributed by atoms with E-state index in [4.69, 9.17) is 16.3 Å². The van der Waals surface area contributed by atoms with Gasteiger partial charge in [0.15, 0.2) is 0 Å². The van der Waals surface area contributed by atoms with Crippen LogP contribution < -0.4 is 19.8 Å². The van der Waals surface area contributed by atoms with Gasteiger partial charge in [-0.2, -0.15) is 0 Å². The molecule has 2 atom stereocenters. The van der Waals surface area contributed by atoms with Gasteiger partial charge in [0, 0.05) is 21.0 Å². The summed E-state index contributed by atoms with van der Waals surface area (Å²) in [6.45, 7) is 3.54. The summed E-state index contributed by atoms with van der Waals surface area (Å²) in [7, 11) is 1.54. The van der Waals surface area contributed by atoms with Crippen LogP contribution in [0.25, 0.3) is 0 Å². The quantitative estimate of drug-likeness (QED) is 0.485. The molecule has 3 amide bonds. The molecule has 5 rings (SSSR count). The number of aromatic nitrogens is 1. The highest BCUT2D eigenvalue weighted by Crippen LogP contribution is 2.54. The predicted octanol–water partition coefficient (Wildman–Crippen LogP) is 4.15. The summed E-state index contributed by atoms with van der Waals surface area (Å²) in [5.74, 6) is -1.04. The topological polar surface area (TPSA) is 97.7 Å². The van der Waals surface area contributed by atoms with Gasteiger partial charge in [-0.05, 0) is 48.5 Å². The molecule has 3 heterocycles. The number of methoxy groups -OCH3 is 1. The van der Waals surface area contributed by atoms with Crippen LogP contribution in [-0.2, 0) is 26.3 Å². The van der Waals surface area contributed by atoms with E-state index < -0.39 is 16.6 Å². The number of fused-ring (bicyclic) bond motifs is 2. The smallest absolute Gasteiger partial charge is 0.308 e. The Morgan fingerprint density at radius 3 is 2.36 bits per heavy atom. The number of amides is 3. The number of carbonyl (C=O) groups excluding carboxylic acids is 3. The number of thiazole rings is 1. The minimum Gasteiger partial charge on any atom is -0.497 e. The summed E-state index contributed by atoms with van der Waals surface area (Å²) in [6, 6.07) is 13.4. The second-order valence-corrected chi connectivity index (χ2v) is 11.6. The fraction of sp³-hybridized carbons (Fsp3) is 0.280. The first-order valence-corrected chi connectivity index (χ1v) is 13.2. The molecule has 1 saturated heterocycles. The molecule has 1 fully saturated rings. The lowest BCUT2D eigenvalue weighted by Crippen LogP contribution is -2.41. The maximum Gasteiger partial charge on any atom is 0.308 e. The van der Waals surface area contributed by atoms with Gasteiger partial charge in [0.1, 0.15) is 17.5 Å². The number of nitrogens with zero attached hydrogens (tertiary/aromatic N) is 2. The van der Waals surface area contributed by atoms with Crippen LogP contribution in [0.1, 0.15) is 18.7 Å². The molecule has 0 radical (unpaired) electrons. The summed E-state index contributed by atoms with van der Waals surface area (Å²) in [6.07, 6.45) is 0. The van der Waals surface area contributed by atoms with Gasteiger partial charge in [-0.25, -0.2) is 4.90 Å². The zero-order valence-corrected chi connectivity index (χ0v) is 22.0. The molecule has 0 bridgehead atoms. The number of anilines is 2. The van der Waals surface area contributed by atoms with Crippen molar-refractivity contribution in [1.29, 1.82) is 0 Å². The number of thioether (sulfide) groups is 1. The number of nitrogens with one attached hydrogen (secondary N) is 1. The molecule has 3 aromatic rings. The Balaban J connectivity index is 1.45. The number of halogens is 1. The first-order valence-electron chi connectivity index (χ1n) is 11.1. The number of carbonyl (C=O) groups is 3. The lowest BCUT2D eigenvalue weighted by Gasteiger charge is -2.36. The normalized spacial score (nSPS) is 20.2. The molecule has 2 aliphatic heterocycles. The molecule has 36 heavy (non-hydrogen) atoms. The zero-order chi connectivity index (χ0) is 25.8. The predicted molar refractivity (Wildman–Crippen MR) is 140 cm³/mol. The monoisotopic (exact) mass is 543 g/mol. The van der Waals surface area contributed by atoms with Crippen LogP contribution in [0.3, 0.4) is 0 Å². The van der Waals surface area contributed by atoms with Crippen LogP contribution >= 0.6 is 34.7 Å². The highest BCUT2D eigenvalue weighted by atomic mass is 35.5. The Morgan fingerprint density at radius 2 is 1.72 bits per heavy atom. The summed E-state index contributed by atoms with van der Waals surface area (Å²) in [4.78, 5) is 54.3. The van der Waals surface area contributed by atoms with Crippen LogP contribution in [0.5, 0.6) is 5.75 Å². The molecule has 11 heteroatoms. The van der Waals surface area contributed by atoms with Gasteiger partial charge in [0.2, 0.25) is 17.7 Å². The van der Waals surface area contributed by atoms with E-state index in [1.54, 1.807) is 55.6 Å². The number of benzene rings is 2. The van der Waals surface area contributed by atoms with Gasteiger partial charge in [-0.3, -0.25) is 23.7 Å². The van der Waals surface area contributed by atoms with E-state index in [2.05, 4.69) is 5.32 Å². The lowest BCUT2D eigenvalue weighted by atomic mass is 9.76. The first kappa shape index (κ1) is 24.6. The third-order valence-electron chi connectivity index (χ3n) is 6.46. The highest BCUT2D eigenvalue weighted by molar-refractivity contribution is 8.00. The number of hydrogen-bond acceptors (Lipinski definition) is 7. The van der Waals surface area contributed by atoms with Crippen molar-refractivity contribution in [3.63, 3.8) is 0 Å². The van der Waals surface area contributed by atoms with Gasteiger partial charge in [0.25, 0.3) is 0 Å². The molecule has 0 spiro atoms. The third-order valence-corrected chi connectivity index (χ3v) is 9.54. The number of imide groups is 1. The van der Waals surface area contributed by atoms with Crippen molar-refractivity contribution in [2.24, 2.45) is 5.92 Å². The fourth-order valence-electron chi connectivity index (χ4n) is 4.63. The molecule has 2 aliphatic rings. The highest BCUT2D eigenvalue weighted by Gasteiger charge is 2.59. The average Bonchev–Trinajstić information content (AvgIpc) is 3.29. The van der Waals surface area contributed by atoms with Gasteiger partial charge >= 0.3 is 4.87 Å². The molecule has 2 aromatic carbocycles. The fourth-order valence-corrected chi connectivity index (χ4v) is 7.79. The van der Waals surface area contributed by atoms with E-state index in [1.165, 1.54) is 21.2 Å². The van der Waals surface area contributed by atoms with Crippen molar-refractivity contribution < 1.29 is 19.1 Å². The summed E-state index contributed by atoms with van der Waals surface area (Å²) in [5.41, 5.74) is 0.252. The van der Waals surface area contributed by atoms with Crippen LogP contribution in [-0.4, -0.2) is 34.6 Å². The van der Waals surface area contributed by atoms with Crippen molar-refractivity contribution in [3.05, 3.63) is 68.1 Å². The van der Waals surface area contributed by atoms with E-state index in [0.717, 1.165) is 11.3 Å². The van der Waals surface area contributed by atoms with Crippen molar-refractivity contribution >= 4 is 63.8 Å². The zero-order valence-electron chi connectivity index (χ0n) is 19.6. The van der Waals surface area contributed by atoms with Crippen molar-refractivity contribution in [1.82, 2.24) is 4.57 Å². The Labute approximate surface area is 220 Å². The maximum absolute atomic E-state index is 13.5. The Bertz CT molecular complexity index is 1430. The van der Waals surface area contributed by atoms with Crippen molar-refractivity contribution in [2.75, 3.05) is 17.3 Å². The summed E-state index contributed by atoms with van der Waals surface area (Å²) < 4.78 is 6.57. The average molecular weight is 544 g/mol. The molecule has 8 nitrogen and oxygen atoms in total. The van der Waals surface area contributed by atoms with E-state index in [1.807, 2.05) is 13.8 Å². The van der Waals surface area contributed by atoms with Crippen molar-refractivity contribution in [2.45, 2.75) is 36.1 Å². The Morgan fingerprint density at radius 1 is 1.06 bits per heavy atom. The number of ether oxygens (including phenoxy) is 1. The standard InChI is InChI=1S/C25H22ClN3O5S2/c1-25(2)18-19(22(32)29(21(18)31)15-8-10-16(34-3)11-9-15)35-23-20(25)36-24(33)28(23)12-17(30)27-14-6-4-13(26)5-7-14/h4-11,18-19H,12H2,1-3H3,(H,27,30). The molecule has 1 N–H and O–H groups in total. The third kappa shape index (κ3) is 4.03. The van der Waals surface area contributed by atoms with Gasteiger partial charge < -0.3 is 10.1 Å². The Kier molecular flexibility index (Phi) is 6.22. The SMILES string of the molecule is COc1ccc(N2C(=O)C3Sc4c(sc(=O)n4CC(=O)Nc4ccc(Cl)cc4)C(C)(C)C3C2=O)cc1. The van der Waals surface area contributed by atoms with E-state index in [9.17, 15) is 19.2 Å². The van der Waals surface area contributed by atoms with Gasteiger partial charge in [-0.1, -0.05) is 48.5 Å². The van der Waals surface area contributed by atoms with Gasteiger partial charge in [0.05, 0.1) is 23.7 Å². The first-order chi connectivity index (χ1) is 17.1. The van der Waals surface area contributed by atoms with Crippen LogP contribution in [0.15, 0.2) is 58.4 Å². The van der Waals surface area contributed by atoms with Crippen LogP contribution in [0.2, 0.25) is 5.02 Å². The minimum absolute atomic E-state index is 0.210. The van der Waals surface area contributed by atoms with Crippen LogP contribution in [0, 0.1) is 5.92 Å². The lowest BCUT2D eigenvalue weighted by molar-refractivity contribution is -0.123. The molecular formula is C25H22ClN3O5S2. The molecule has 2 unspecified atom stereocenters. The second-order valence-electron chi connectivity index (χ2n) is 9.09. The largest absolute Gasteiger partial charge is 0.497 e. The number of rotatable bonds is 5. The van der Waals surface area contributed by atoms with E-state index in [0.29, 0.717) is 32.1 Å². The summed E-state index contributed by atoms with van der Waals surface area (Å²) in [5, 5.41) is 3.15. The number of hydrogen-bond donors (Lipinski definition) is 1. The molecule has 0 aliphatic carbocycles. The van der Waals surface area contributed by atoms with Crippen molar-refractivity contribution in [3.8, 4) is 5.75 Å². The van der Waals surface area contributed by atoms with Gasteiger partial charge in [-0.15, -0.1) is 0 Å². The van der Waals surface area contributed by atoms with E-state index >= 15 is 0 Å². The van der Waals surface area contributed by atoms with E-state index in [-0.39, 0.29) is 29.1 Å². The molecular weight excluding hydrogens is 522 g/mol.